The lowest BCUT2D eigenvalue weighted by atomic mass is 10.3. The molecule has 0 unspecified atom stereocenters. The average molecular weight is 264 g/mol. The van der Waals surface area contributed by atoms with Crippen molar-refractivity contribution in [2.24, 2.45) is 5.73 Å². The fourth-order valence-electron chi connectivity index (χ4n) is 1.56. The van der Waals surface area contributed by atoms with Gasteiger partial charge in [-0.1, -0.05) is 12.1 Å². The Hall–Kier alpha value is -1.59. The summed E-state index contributed by atoms with van der Waals surface area (Å²) >= 11 is 1.59. The molecule has 0 saturated carbocycles. The first-order valence-electron chi connectivity index (χ1n) is 5.72. The van der Waals surface area contributed by atoms with E-state index in [0.29, 0.717) is 13.2 Å². The molecular weight excluding hydrogens is 248 g/mol. The molecule has 0 bridgehead atoms. The molecule has 18 heavy (non-hydrogen) atoms. The molecule has 4 nitrogen and oxygen atoms in total. The molecule has 96 valence electrons. The van der Waals surface area contributed by atoms with Crippen molar-refractivity contribution in [2.45, 2.75) is 13.0 Å². The summed E-state index contributed by atoms with van der Waals surface area (Å²) in [6.45, 7) is 1.08. The van der Waals surface area contributed by atoms with E-state index >= 15 is 0 Å². The zero-order valence-corrected chi connectivity index (χ0v) is 11.1. The fourth-order valence-corrected chi connectivity index (χ4v) is 2.27. The van der Waals surface area contributed by atoms with Crippen LogP contribution >= 0.6 is 11.3 Å². The number of rotatable bonds is 6. The molecule has 0 aliphatic carbocycles. The highest BCUT2D eigenvalue weighted by Gasteiger charge is 2.04. The Kier molecular flexibility index (Phi) is 4.55. The van der Waals surface area contributed by atoms with Gasteiger partial charge in [-0.05, 0) is 12.1 Å². The van der Waals surface area contributed by atoms with E-state index in [0.717, 1.165) is 28.6 Å². The molecule has 2 rings (SSSR count). The van der Waals surface area contributed by atoms with Crippen molar-refractivity contribution in [1.82, 2.24) is 4.98 Å². The lowest BCUT2D eigenvalue weighted by molar-refractivity contribution is 0.297. The second-order valence-corrected chi connectivity index (χ2v) is 4.63. The lowest BCUT2D eigenvalue weighted by Gasteiger charge is -2.09. The zero-order valence-electron chi connectivity index (χ0n) is 10.3. The van der Waals surface area contributed by atoms with Crippen molar-refractivity contribution in [3.05, 3.63) is 40.3 Å². The van der Waals surface area contributed by atoms with Gasteiger partial charge in [-0.2, -0.15) is 0 Å². The van der Waals surface area contributed by atoms with Crippen LogP contribution in [0.4, 0.5) is 0 Å². The number of hydrogen-bond donors (Lipinski definition) is 1. The van der Waals surface area contributed by atoms with Gasteiger partial charge >= 0.3 is 0 Å². The number of ether oxygens (including phenoxy) is 2. The minimum Gasteiger partial charge on any atom is -0.493 e. The molecule has 0 radical (unpaired) electrons. The molecule has 0 fully saturated rings. The normalized spacial score (nSPS) is 10.3. The standard InChI is InChI=1S/C13H16N2O2S/c1-16-11-4-2-3-5-12(11)17-7-6-10-9-18-13(8-14)15-10/h2-5,9H,6-8,14H2,1H3. The lowest BCUT2D eigenvalue weighted by Crippen LogP contribution is -2.03. The van der Waals surface area contributed by atoms with E-state index in [1.807, 2.05) is 29.6 Å². The van der Waals surface area contributed by atoms with Crippen molar-refractivity contribution in [2.75, 3.05) is 13.7 Å². The molecule has 1 heterocycles. The average Bonchev–Trinajstić information content (AvgIpc) is 2.87. The zero-order chi connectivity index (χ0) is 12.8. The molecular formula is C13H16N2O2S. The molecule has 0 amide bonds. The molecule has 2 N–H and O–H groups in total. The molecule has 2 aromatic rings. The maximum absolute atomic E-state index is 5.68. The van der Waals surface area contributed by atoms with Crippen molar-refractivity contribution in [3.63, 3.8) is 0 Å². The summed E-state index contributed by atoms with van der Waals surface area (Å²) < 4.78 is 10.9. The first-order valence-corrected chi connectivity index (χ1v) is 6.60. The van der Waals surface area contributed by atoms with Crippen molar-refractivity contribution in [1.29, 1.82) is 0 Å². The predicted octanol–water partition coefficient (Wildman–Crippen LogP) is 2.23. The van der Waals surface area contributed by atoms with Crippen LogP contribution in [-0.4, -0.2) is 18.7 Å². The Balaban J connectivity index is 1.88. The van der Waals surface area contributed by atoms with Gasteiger partial charge in [0.1, 0.15) is 5.01 Å². The number of nitrogens with two attached hydrogens (primary N) is 1. The first kappa shape index (κ1) is 12.9. The van der Waals surface area contributed by atoms with E-state index in [1.54, 1.807) is 18.4 Å². The van der Waals surface area contributed by atoms with Gasteiger partial charge in [-0.3, -0.25) is 0 Å². The summed E-state index contributed by atoms with van der Waals surface area (Å²) in [5, 5.41) is 2.98. The van der Waals surface area contributed by atoms with E-state index in [2.05, 4.69) is 4.98 Å². The van der Waals surface area contributed by atoms with Gasteiger partial charge < -0.3 is 15.2 Å². The number of benzene rings is 1. The topological polar surface area (TPSA) is 57.4 Å². The fraction of sp³-hybridized carbons (Fsp3) is 0.308. The number of aromatic nitrogens is 1. The maximum atomic E-state index is 5.68. The highest BCUT2D eigenvalue weighted by atomic mass is 32.1. The van der Waals surface area contributed by atoms with Gasteiger partial charge in [0.05, 0.1) is 19.4 Å². The van der Waals surface area contributed by atoms with Crippen LogP contribution in [0.5, 0.6) is 11.5 Å². The minimum absolute atomic E-state index is 0.498. The van der Waals surface area contributed by atoms with Crippen LogP contribution in [0.25, 0.3) is 0 Å². The van der Waals surface area contributed by atoms with Crippen molar-refractivity contribution in [3.8, 4) is 11.5 Å². The van der Waals surface area contributed by atoms with Crippen LogP contribution in [0, 0.1) is 0 Å². The Morgan fingerprint density at radius 3 is 2.72 bits per heavy atom. The number of methoxy groups -OCH3 is 1. The van der Waals surface area contributed by atoms with Crippen LogP contribution in [-0.2, 0) is 13.0 Å². The number of hydrogen-bond acceptors (Lipinski definition) is 5. The largest absolute Gasteiger partial charge is 0.493 e. The number of thiazole rings is 1. The van der Waals surface area contributed by atoms with Crippen LogP contribution in [0.15, 0.2) is 29.6 Å². The van der Waals surface area contributed by atoms with E-state index in [1.165, 1.54) is 0 Å². The molecule has 0 atom stereocenters. The third kappa shape index (κ3) is 3.21. The molecule has 0 aliphatic rings. The van der Waals surface area contributed by atoms with E-state index in [-0.39, 0.29) is 0 Å². The number of nitrogens with zero attached hydrogens (tertiary/aromatic N) is 1. The molecule has 1 aromatic heterocycles. The highest BCUT2D eigenvalue weighted by Crippen LogP contribution is 2.25. The van der Waals surface area contributed by atoms with E-state index in [4.69, 9.17) is 15.2 Å². The van der Waals surface area contributed by atoms with Crippen LogP contribution in [0.3, 0.4) is 0 Å². The van der Waals surface area contributed by atoms with Crippen molar-refractivity contribution < 1.29 is 9.47 Å². The second kappa shape index (κ2) is 6.37. The van der Waals surface area contributed by atoms with Gasteiger partial charge in [-0.15, -0.1) is 11.3 Å². The van der Waals surface area contributed by atoms with Crippen molar-refractivity contribution >= 4 is 11.3 Å². The first-order chi connectivity index (χ1) is 8.83. The van der Waals surface area contributed by atoms with Gasteiger partial charge in [0.2, 0.25) is 0 Å². The summed E-state index contributed by atoms with van der Waals surface area (Å²) in [7, 11) is 1.64. The second-order valence-electron chi connectivity index (χ2n) is 3.69. The third-order valence-electron chi connectivity index (χ3n) is 2.46. The Bertz CT molecular complexity index is 499. The number of para-hydroxylation sites is 2. The Morgan fingerprint density at radius 1 is 1.28 bits per heavy atom. The SMILES string of the molecule is COc1ccccc1OCCc1csc(CN)n1. The highest BCUT2D eigenvalue weighted by molar-refractivity contribution is 7.09. The minimum atomic E-state index is 0.498. The Labute approximate surface area is 110 Å². The molecule has 1 aromatic carbocycles. The quantitative estimate of drug-likeness (QED) is 0.869. The smallest absolute Gasteiger partial charge is 0.161 e. The summed E-state index contributed by atoms with van der Waals surface area (Å²) in [5.74, 6) is 1.51. The van der Waals surface area contributed by atoms with Gasteiger partial charge in [0, 0.05) is 18.3 Å². The van der Waals surface area contributed by atoms with Gasteiger partial charge in [0.25, 0.3) is 0 Å². The summed E-state index contributed by atoms with van der Waals surface area (Å²) in [6.07, 6.45) is 0.772. The van der Waals surface area contributed by atoms with E-state index in [9.17, 15) is 0 Å². The van der Waals surface area contributed by atoms with Crippen LogP contribution in [0.2, 0.25) is 0 Å². The third-order valence-corrected chi connectivity index (χ3v) is 3.38. The summed E-state index contributed by atoms with van der Waals surface area (Å²) in [6, 6.07) is 7.61. The molecule has 0 aliphatic heterocycles. The van der Waals surface area contributed by atoms with Crippen LogP contribution in [0.1, 0.15) is 10.7 Å². The summed E-state index contributed by atoms with van der Waals surface area (Å²) in [5.41, 5.74) is 6.54. The van der Waals surface area contributed by atoms with Gasteiger partial charge in [-0.25, -0.2) is 4.98 Å². The molecule has 0 spiro atoms. The monoisotopic (exact) mass is 264 g/mol. The maximum Gasteiger partial charge on any atom is 0.161 e. The molecule has 0 saturated heterocycles. The van der Waals surface area contributed by atoms with Crippen LogP contribution < -0.4 is 15.2 Å². The molecule has 5 heteroatoms. The van der Waals surface area contributed by atoms with Gasteiger partial charge in [0.15, 0.2) is 11.5 Å². The summed E-state index contributed by atoms with van der Waals surface area (Å²) in [4.78, 5) is 4.38. The predicted molar refractivity (Wildman–Crippen MR) is 72.2 cm³/mol. The Morgan fingerprint density at radius 2 is 2.06 bits per heavy atom. The van der Waals surface area contributed by atoms with E-state index < -0.39 is 0 Å².